The van der Waals surface area contributed by atoms with Crippen LogP contribution in [0.1, 0.15) is 36.4 Å². The molecule has 0 unspecified atom stereocenters. The molecule has 0 amide bonds. The Bertz CT molecular complexity index is 1500. The van der Waals surface area contributed by atoms with E-state index in [-0.39, 0.29) is 17.7 Å². The number of aromatic amines is 1. The van der Waals surface area contributed by atoms with Crippen LogP contribution in [0.25, 0.3) is 11.0 Å². The number of fused-ring (bicyclic) bond motifs is 1. The van der Waals surface area contributed by atoms with Crippen LogP contribution in [0.3, 0.4) is 0 Å². The first kappa shape index (κ1) is 29.0. The molecule has 0 saturated carbocycles. The molecule has 7 nitrogen and oxygen atoms in total. The van der Waals surface area contributed by atoms with Gasteiger partial charge in [0, 0.05) is 44.8 Å². The molecule has 2 N–H and O–H groups in total. The van der Waals surface area contributed by atoms with Crippen LogP contribution in [0.15, 0.2) is 59.4 Å². The quantitative estimate of drug-likeness (QED) is 0.295. The second kappa shape index (κ2) is 12.5. The van der Waals surface area contributed by atoms with Crippen molar-refractivity contribution < 1.29 is 17.6 Å². The number of halogens is 4. The summed E-state index contributed by atoms with van der Waals surface area (Å²) in [6.45, 7) is 9.07. The van der Waals surface area contributed by atoms with Gasteiger partial charge in [-0.25, -0.2) is 14.4 Å². The first-order valence-corrected chi connectivity index (χ1v) is 13.2. The molecule has 4 aromatic rings. The fraction of sp³-hybridized carbons (Fsp3) is 0.345. The number of anilines is 2. The Morgan fingerprint density at radius 3 is 2.35 bits per heavy atom. The van der Waals surface area contributed by atoms with Crippen LogP contribution in [0, 0.1) is 12.7 Å². The molecule has 40 heavy (non-hydrogen) atoms. The second-order valence-corrected chi connectivity index (χ2v) is 9.24. The number of nitrogens with zero attached hydrogens (tertiary/aromatic N) is 4. The smallest absolute Gasteiger partial charge is 0.365 e. The van der Waals surface area contributed by atoms with Crippen molar-refractivity contribution in [3.63, 3.8) is 0 Å². The number of piperazine rings is 1. The van der Waals surface area contributed by atoms with E-state index in [1.54, 1.807) is 13.0 Å². The van der Waals surface area contributed by atoms with E-state index in [1.807, 2.05) is 36.9 Å². The van der Waals surface area contributed by atoms with Crippen LogP contribution in [0.4, 0.5) is 29.1 Å². The number of pyridine rings is 1. The largest absolute Gasteiger partial charge is 0.419 e. The van der Waals surface area contributed by atoms with Gasteiger partial charge >= 0.3 is 6.18 Å². The maximum Gasteiger partial charge on any atom is 0.419 e. The van der Waals surface area contributed by atoms with Crippen molar-refractivity contribution >= 4 is 22.5 Å². The summed E-state index contributed by atoms with van der Waals surface area (Å²) >= 11 is 0. The van der Waals surface area contributed by atoms with E-state index in [4.69, 9.17) is 0 Å². The third-order valence-corrected chi connectivity index (χ3v) is 6.60. The molecule has 0 spiro atoms. The molecule has 1 fully saturated rings. The zero-order chi connectivity index (χ0) is 28.9. The summed E-state index contributed by atoms with van der Waals surface area (Å²) in [5, 5.41) is 3.43. The van der Waals surface area contributed by atoms with Gasteiger partial charge < -0.3 is 15.2 Å². The number of rotatable bonds is 6. The van der Waals surface area contributed by atoms with Crippen LogP contribution in [-0.2, 0) is 19.3 Å². The first-order valence-electron chi connectivity index (χ1n) is 13.2. The molecule has 1 saturated heterocycles. The van der Waals surface area contributed by atoms with E-state index in [9.17, 15) is 22.4 Å². The van der Waals surface area contributed by atoms with Gasteiger partial charge in [-0.2, -0.15) is 13.2 Å². The number of aromatic nitrogens is 3. The molecule has 1 aliphatic heterocycles. The van der Waals surface area contributed by atoms with Gasteiger partial charge in [0.05, 0.1) is 10.9 Å². The number of H-pyrrole nitrogens is 1. The van der Waals surface area contributed by atoms with Crippen molar-refractivity contribution in [1.82, 2.24) is 19.9 Å². The lowest BCUT2D eigenvalue weighted by molar-refractivity contribution is -0.140. The van der Waals surface area contributed by atoms with E-state index >= 15 is 0 Å². The summed E-state index contributed by atoms with van der Waals surface area (Å²) in [6, 6.07) is 15.0. The van der Waals surface area contributed by atoms with Crippen molar-refractivity contribution in [1.29, 1.82) is 0 Å². The maximum atomic E-state index is 14.5. The number of alkyl halides is 3. The van der Waals surface area contributed by atoms with Gasteiger partial charge in [-0.1, -0.05) is 56.3 Å². The summed E-state index contributed by atoms with van der Waals surface area (Å²) in [4.78, 5) is 28.7. The molecule has 212 valence electrons. The van der Waals surface area contributed by atoms with Gasteiger partial charge in [0.2, 0.25) is 0 Å². The highest BCUT2D eigenvalue weighted by Crippen LogP contribution is 2.33. The summed E-state index contributed by atoms with van der Waals surface area (Å²) in [5.41, 5.74) is 0.215. The molecule has 5 rings (SSSR count). The van der Waals surface area contributed by atoms with Gasteiger partial charge in [0.15, 0.2) is 0 Å². The zero-order valence-corrected chi connectivity index (χ0v) is 22.6. The van der Waals surface area contributed by atoms with Crippen LogP contribution >= 0.6 is 0 Å². The standard InChI is InChI=1S/C27H26F4N6O.C2H6/c1-17-33-24(32-15-19-8-5-9-21(23(19)28)27(29,30)31)20-14-22(26(38)35-25(20)34-17)37-12-10-36(11-13-37)16-18-6-3-2-4-7-18;1-2/h2-9,14H,10-13,15-16H2,1H3,(H2,32,33,34,35,38);1-2H3. The van der Waals surface area contributed by atoms with Crippen LogP contribution in [0.2, 0.25) is 0 Å². The SMILES string of the molecule is CC.Cc1nc(NCc2cccc(C(F)(F)F)c2F)c2cc(N3CCN(Cc4ccccc4)CC3)c(=O)[nH]c2n1. The molecule has 3 heterocycles. The molecular formula is C29H32F4N6O. The minimum atomic E-state index is -4.79. The molecule has 0 atom stereocenters. The summed E-state index contributed by atoms with van der Waals surface area (Å²) in [5.74, 6) is -0.683. The maximum absolute atomic E-state index is 14.5. The van der Waals surface area contributed by atoms with Crippen LogP contribution < -0.4 is 15.8 Å². The Morgan fingerprint density at radius 1 is 0.975 bits per heavy atom. The van der Waals surface area contributed by atoms with Crippen molar-refractivity contribution in [3.8, 4) is 0 Å². The normalized spacial score (nSPS) is 14.1. The highest BCUT2D eigenvalue weighted by atomic mass is 19.4. The Balaban J connectivity index is 0.00000181. The van der Waals surface area contributed by atoms with Crippen molar-refractivity contribution in [2.75, 3.05) is 36.4 Å². The molecule has 11 heteroatoms. The van der Waals surface area contributed by atoms with Gasteiger partial charge in [-0.15, -0.1) is 0 Å². The van der Waals surface area contributed by atoms with Crippen LogP contribution in [0.5, 0.6) is 0 Å². The highest BCUT2D eigenvalue weighted by molar-refractivity contribution is 5.89. The summed E-state index contributed by atoms with van der Waals surface area (Å²) in [7, 11) is 0. The van der Waals surface area contributed by atoms with Crippen molar-refractivity contribution in [2.45, 2.75) is 40.0 Å². The summed E-state index contributed by atoms with van der Waals surface area (Å²) < 4.78 is 53.9. The zero-order valence-electron chi connectivity index (χ0n) is 22.6. The number of nitrogens with one attached hydrogen (secondary N) is 2. The molecule has 0 bridgehead atoms. The number of hydrogen-bond donors (Lipinski definition) is 2. The number of aryl methyl sites for hydroxylation is 1. The summed E-state index contributed by atoms with van der Waals surface area (Å²) in [6.07, 6.45) is -4.79. The van der Waals surface area contributed by atoms with Crippen molar-refractivity contribution in [3.05, 3.63) is 93.3 Å². The fourth-order valence-corrected chi connectivity index (χ4v) is 4.66. The van der Waals surface area contributed by atoms with E-state index in [0.29, 0.717) is 47.5 Å². The topological polar surface area (TPSA) is 77.2 Å². The van der Waals surface area contributed by atoms with Crippen molar-refractivity contribution in [2.24, 2.45) is 0 Å². The molecule has 0 aliphatic carbocycles. The van der Waals surface area contributed by atoms with E-state index < -0.39 is 17.6 Å². The molecule has 2 aromatic heterocycles. The Kier molecular flexibility index (Phi) is 9.03. The van der Waals surface area contributed by atoms with E-state index in [2.05, 4.69) is 37.3 Å². The van der Waals surface area contributed by atoms with Crippen LogP contribution in [-0.4, -0.2) is 46.0 Å². The average molecular weight is 557 g/mol. The third kappa shape index (κ3) is 6.59. The van der Waals surface area contributed by atoms with Gasteiger partial charge in [-0.05, 0) is 24.6 Å². The van der Waals surface area contributed by atoms with Gasteiger partial charge in [-0.3, -0.25) is 9.69 Å². The lowest BCUT2D eigenvalue weighted by Crippen LogP contribution is -2.47. The lowest BCUT2D eigenvalue weighted by Gasteiger charge is -2.35. The number of hydrogen-bond acceptors (Lipinski definition) is 6. The second-order valence-electron chi connectivity index (χ2n) is 9.24. The molecule has 1 aliphatic rings. The van der Waals surface area contributed by atoms with E-state index in [0.717, 1.165) is 19.6 Å². The highest BCUT2D eigenvalue weighted by Gasteiger charge is 2.34. The third-order valence-electron chi connectivity index (χ3n) is 6.60. The monoisotopic (exact) mass is 556 g/mol. The first-order chi connectivity index (χ1) is 19.2. The predicted octanol–water partition coefficient (Wildman–Crippen LogP) is 5.74. The lowest BCUT2D eigenvalue weighted by atomic mass is 10.1. The molecule has 2 aromatic carbocycles. The minimum Gasteiger partial charge on any atom is -0.365 e. The Hall–Kier alpha value is -3.99. The predicted molar refractivity (Wildman–Crippen MR) is 149 cm³/mol. The van der Waals surface area contributed by atoms with E-state index in [1.165, 1.54) is 17.7 Å². The molecular weight excluding hydrogens is 524 g/mol. The molecule has 0 radical (unpaired) electrons. The van der Waals surface area contributed by atoms with Gasteiger partial charge in [0.25, 0.3) is 5.56 Å². The minimum absolute atomic E-state index is 0.150. The van der Waals surface area contributed by atoms with Gasteiger partial charge in [0.1, 0.15) is 28.8 Å². The Morgan fingerprint density at radius 2 is 1.68 bits per heavy atom. The fourth-order valence-electron chi connectivity index (χ4n) is 4.66. The average Bonchev–Trinajstić information content (AvgIpc) is 2.93. The Labute approximate surface area is 229 Å². The number of benzene rings is 2.